The van der Waals surface area contributed by atoms with Gasteiger partial charge in [-0.2, -0.15) is 0 Å². The Morgan fingerprint density at radius 1 is 1.29 bits per heavy atom. The molecule has 0 spiro atoms. The maximum absolute atomic E-state index is 12.4. The lowest BCUT2D eigenvalue weighted by atomic mass is 9.93. The molecule has 2 aliphatic heterocycles. The monoisotopic (exact) mass is 409 g/mol. The van der Waals surface area contributed by atoms with E-state index < -0.39 is 5.60 Å². The standard InChI is InChI=1S/C21H32ClN3O3/c1-21(2,3)28-20(26)25-6-4-5-16(15-25)11-18-12-17(13-19(22)23-18)14-24-7-9-27-10-8-24/h12-13,16H,4-11,14-15H2,1-3H3. The minimum atomic E-state index is -0.465. The molecule has 3 heterocycles. The van der Waals surface area contributed by atoms with Gasteiger partial charge in [0.05, 0.1) is 13.2 Å². The molecule has 2 saturated heterocycles. The van der Waals surface area contributed by atoms with Crippen LogP contribution in [-0.2, 0) is 22.4 Å². The van der Waals surface area contributed by atoms with Crippen LogP contribution < -0.4 is 0 Å². The molecule has 0 radical (unpaired) electrons. The van der Waals surface area contributed by atoms with E-state index in [4.69, 9.17) is 21.1 Å². The van der Waals surface area contributed by atoms with Crippen LogP contribution in [0.3, 0.4) is 0 Å². The summed E-state index contributed by atoms with van der Waals surface area (Å²) < 4.78 is 11.0. The average molecular weight is 410 g/mol. The lowest BCUT2D eigenvalue weighted by Crippen LogP contribution is -2.43. The second-order valence-corrected chi connectivity index (χ2v) is 9.20. The number of likely N-dealkylation sites (tertiary alicyclic amines) is 1. The van der Waals surface area contributed by atoms with E-state index in [9.17, 15) is 4.79 Å². The zero-order chi connectivity index (χ0) is 20.1. The first-order chi connectivity index (χ1) is 13.3. The molecule has 3 rings (SSSR count). The third-order valence-corrected chi connectivity index (χ3v) is 5.28. The number of hydrogen-bond acceptors (Lipinski definition) is 5. The molecule has 0 aromatic carbocycles. The first-order valence-corrected chi connectivity index (χ1v) is 10.6. The van der Waals surface area contributed by atoms with Gasteiger partial charge < -0.3 is 14.4 Å². The first-order valence-electron chi connectivity index (χ1n) is 10.2. The quantitative estimate of drug-likeness (QED) is 0.709. The van der Waals surface area contributed by atoms with Gasteiger partial charge in [-0.25, -0.2) is 9.78 Å². The number of halogens is 1. The van der Waals surface area contributed by atoms with E-state index in [1.54, 1.807) is 0 Å². The number of aromatic nitrogens is 1. The van der Waals surface area contributed by atoms with Crippen LogP contribution in [0, 0.1) is 5.92 Å². The Kier molecular flexibility index (Phi) is 7.18. The van der Waals surface area contributed by atoms with Crippen molar-refractivity contribution >= 4 is 17.7 Å². The molecule has 156 valence electrons. The minimum absolute atomic E-state index is 0.218. The summed E-state index contributed by atoms with van der Waals surface area (Å²) in [6.45, 7) is 11.5. The van der Waals surface area contributed by atoms with Gasteiger partial charge in [0, 0.05) is 38.4 Å². The van der Waals surface area contributed by atoms with E-state index >= 15 is 0 Å². The maximum atomic E-state index is 12.4. The number of ether oxygens (including phenoxy) is 2. The Bertz CT molecular complexity index is 671. The van der Waals surface area contributed by atoms with Crippen LogP contribution in [0.2, 0.25) is 5.15 Å². The lowest BCUT2D eigenvalue weighted by molar-refractivity contribution is 0.0165. The Morgan fingerprint density at radius 3 is 2.75 bits per heavy atom. The van der Waals surface area contributed by atoms with Crippen LogP contribution in [-0.4, -0.2) is 65.9 Å². The molecule has 7 heteroatoms. The first kappa shape index (κ1) is 21.3. The minimum Gasteiger partial charge on any atom is -0.444 e. The topological polar surface area (TPSA) is 54.9 Å². The Labute approximate surface area is 173 Å². The molecule has 28 heavy (non-hydrogen) atoms. The predicted octanol–water partition coefficient (Wildman–Crippen LogP) is 3.76. The molecule has 0 bridgehead atoms. The van der Waals surface area contributed by atoms with E-state index in [1.807, 2.05) is 31.7 Å². The largest absolute Gasteiger partial charge is 0.444 e. The molecule has 6 nitrogen and oxygen atoms in total. The van der Waals surface area contributed by atoms with Crippen molar-refractivity contribution in [3.8, 4) is 0 Å². The molecular formula is C21H32ClN3O3. The molecule has 1 amide bonds. The molecular weight excluding hydrogens is 378 g/mol. The van der Waals surface area contributed by atoms with Gasteiger partial charge in [-0.3, -0.25) is 4.90 Å². The predicted molar refractivity (Wildman–Crippen MR) is 110 cm³/mol. The molecule has 1 unspecified atom stereocenters. The summed E-state index contributed by atoms with van der Waals surface area (Å²) in [6, 6.07) is 4.11. The van der Waals surface area contributed by atoms with Crippen LogP contribution >= 0.6 is 11.6 Å². The van der Waals surface area contributed by atoms with Crippen LogP contribution in [0.15, 0.2) is 12.1 Å². The molecule has 2 fully saturated rings. The summed E-state index contributed by atoms with van der Waals surface area (Å²) in [7, 11) is 0. The number of rotatable bonds is 4. The molecule has 0 N–H and O–H groups in total. The van der Waals surface area contributed by atoms with Gasteiger partial charge in [-0.05, 0) is 63.6 Å². The van der Waals surface area contributed by atoms with E-state index in [0.29, 0.717) is 17.6 Å². The van der Waals surface area contributed by atoms with E-state index in [0.717, 1.165) is 64.3 Å². The maximum Gasteiger partial charge on any atom is 0.410 e. The van der Waals surface area contributed by atoms with Gasteiger partial charge in [-0.1, -0.05) is 11.6 Å². The third-order valence-electron chi connectivity index (χ3n) is 5.09. The van der Waals surface area contributed by atoms with Crippen LogP contribution in [0.1, 0.15) is 44.9 Å². The van der Waals surface area contributed by atoms with Crippen molar-refractivity contribution in [2.45, 2.75) is 52.2 Å². The number of morpholine rings is 1. The van der Waals surface area contributed by atoms with Gasteiger partial charge in [0.15, 0.2) is 0 Å². The Morgan fingerprint density at radius 2 is 2.04 bits per heavy atom. The highest BCUT2D eigenvalue weighted by molar-refractivity contribution is 6.29. The fraction of sp³-hybridized carbons (Fsp3) is 0.714. The van der Waals surface area contributed by atoms with E-state index in [2.05, 4.69) is 16.0 Å². The zero-order valence-electron chi connectivity index (χ0n) is 17.2. The second kappa shape index (κ2) is 9.42. The van der Waals surface area contributed by atoms with E-state index in [-0.39, 0.29) is 6.09 Å². The van der Waals surface area contributed by atoms with Crippen molar-refractivity contribution in [3.05, 3.63) is 28.5 Å². The van der Waals surface area contributed by atoms with Gasteiger partial charge in [0.25, 0.3) is 0 Å². The smallest absolute Gasteiger partial charge is 0.410 e. The Balaban J connectivity index is 1.60. The van der Waals surface area contributed by atoms with Gasteiger partial charge in [0.2, 0.25) is 0 Å². The molecule has 0 saturated carbocycles. The van der Waals surface area contributed by atoms with Crippen LogP contribution in [0.25, 0.3) is 0 Å². The number of nitrogens with zero attached hydrogens (tertiary/aromatic N) is 3. The van der Waals surface area contributed by atoms with Gasteiger partial charge in [0.1, 0.15) is 10.8 Å². The molecule has 1 aromatic rings. The van der Waals surface area contributed by atoms with Crippen molar-refractivity contribution in [1.82, 2.24) is 14.8 Å². The summed E-state index contributed by atoms with van der Waals surface area (Å²) >= 11 is 6.30. The van der Waals surface area contributed by atoms with Gasteiger partial charge >= 0.3 is 6.09 Å². The van der Waals surface area contributed by atoms with Crippen LogP contribution in [0.5, 0.6) is 0 Å². The Hall–Kier alpha value is -1.37. The highest BCUT2D eigenvalue weighted by Crippen LogP contribution is 2.24. The number of amides is 1. The van der Waals surface area contributed by atoms with Crippen molar-refractivity contribution in [3.63, 3.8) is 0 Å². The summed E-state index contributed by atoms with van der Waals surface area (Å²) in [5.41, 5.74) is 1.73. The summed E-state index contributed by atoms with van der Waals surface area (Å²) in [6.07, 6.45) is 2.69. The third kappa shape index (κ3) is 6.61. The average Bonchev–Trinajstić information content (AvgIpc) is 2.61. The molecule has 1 aromatic heterocycles. The highest BCUT2D eigenvalue weighted by atomic mass is 35.5. The normalized spacial score (nSPS) is 21.6. The van der Waals surface area contributed by atoms with Crippen molar-refractivity contribution in [2.24, 2.45) is 5.92 Å². The zero-order valence-corrected chi connectivity index (χ0v) is 18.0. The van der Waals surface area contributed by atoms with Gasteiger partial charge in [-0.15, -0.1) is 0 Å². The highest BCUT2D eigenvalue weighted by Gasteiger charge is 2.28. The van der Waals surface area contributed by atoms with Crippen molar-refractivity contribution in [1.29, 1.82) is 0 Å². The lowest BCUT2D eigenvalue weighted by Gasteiger charge is -2.34. The van der Waals surface area contributed by atoms with E-state index in [1.165, 1.54) is 5.56 Å². The molecule has 1 atom stereocenters. The van der Waals surface area contributed by atoms with Crippen molar-refractivity contribution in [2.75, 3.05) is 39.4 Å². The number of piperidine rings is 1. The second-order valence-electron chi connectivity index (χ2n) is 8.82. The summed E-state index contributed by atoms with van der Waals surface area (Å²) in [5, 5.41) is 0.542. The SMILES string of the molecule is CC(C)(C)OC(=O)N1CCCC(Cc2cc(CN3CCOCC3)cc(Cl)n2)C1. The fourth-order valence-corrected chi connectivity index (χ4v) is 4.09. The number of hydrogen-bond donors (Lipinski definition) is 0. The number of carbonyl (C=O) groups is 1. The number of carbonyl (C=O) groups excluding carboxylic acids is 1. The molecule has 0 aliphatic carbocycles. The number of pyridine rings is 1. The van der Waals surface area contributed by atoms with Crippen molar-refractivity contribution < 1.29 is 14.3 Å². The fourth-order valence-electron chi connectivity index (χ4n) is 3.84. The summed E-state index contributed by atoms with van der Waals surface area (Å²) in [5.74, 6) is 0.378. The molecule has 2 aliphatic rings. The van der Waals surface area contributed by atoms with Crippen LogP contribution in [0.4, 0.5) is 4.79 Å². The summed E-state index contributed by atoms with van der Waals surface area (Å²) in [4.78, 5) is 21.1.